The highest BCUT2D eigenvalue weighted by molar-refractivity contribution is 6.35. The van der Waals surface area contributed by atoms with Gasteiger partial charge in [-0.2, -0.15) is 5.26 Å². The fourth-order valence-electron chi connectivity index (χ4n) is 2.32. The number of fused-ring (bicyclic) bond motifs is 1. The van der Waals surface area contributed by atoms with Crippen LogP contribution in [0.3, 0.4) is 0 Å². The van der Waals surface area contributed by atoms with Crippen LogP contribution in [-0.4, -0.2) is 16.5 Å². The molecule has 3 rings (SSSR count). The van der Waals surface area contributed by atoms with Crippen molar-refractivity contribution in [2.45, 2.75) is 13.0 Å². The van der Waals surface area contributed by atoms with Crippen LogP contribution in [0.4, 0.5) is 5.82 Å². The molecular weight excluding hydrogens is 295 g/mol. The average molecular weight is 305 g/mol. The number of hydrogen-bond acceptors (Lipinski definition) is 4. The molecule has 4 nitrogen and oxygen atoms in total. The van der Waals surface area contributed by atoms with E-state index in [1.54, 1.807) is 12.3 Å². The average Bonchev–Trinajstić information content (AvgIpc) is 2.47. The second-order valence-corrected chi connectivity index (χ2v) is 5.41. The van der Waals surface area contributed by atoms with Crippen molar-refractivity contribution in [3.05, 3.63) is 51.4 Å². The fourth-order valence-corrected chi connectivity index (χ4v) is 2.92. The lowest BCUT2D eigenvalue weighted by molar-refractivity contribution is 0.718. The van der Waals surface area contributed by atoms with Crippen LogP contribution in [0, 0.1) is 11.3 Å². The zero-order valence-electron chi connectivity index (χ0n) is 10.5. The summed E-state index contributed by atoms with van der Waals surface area (Å²) in [5.74, 6) is 0.751. The molecule has 0 atom stereocenters. The minimum absolute atomic E-state index is 0.316. The van der Waals surface area contributed by atoms with E-state index in [1.165, 1.54) is 11.8 Å². The number of rotatable bonds is 1. The first kappa shape index (κ1) is 13.2. The van der Waals surface area contributed by atoms with Crippen molar-refractivity contribution in [3.8, 4) is 6.07 Å². The van der Waals surface area contributed by atoms with Crippen molar-refractivity contribution < 1.29 is 0 Å². The maximum Gasteiger partial charge on any atom is 0.158 e. The van der Waals surface area contributed by atoms with Crippen LogP contribution in [0.2, 0.25) is 10.0 Å². The van der Waals surface area contributed by atoms with Gasteiger partial charge in [0.25, 0.3) is 0 Å². The molecule has 0 radical (unpaired) electrons. The molecule has 1 aliphatic heterocycles. The van der Waals surface area contributed by atoms with Gasteiger partial charge in [0, 0.05) is 23.1 Å². The van der Waals surface area contributed by atoms with Gasteiger partial charge in [0.15, 0.2) is 5.69 Å². The standard InChI is InChI=1S/C14H10Cl2N4/c15-10-3-9-1-2-20(8-12(9)13(16)4-10)14-7-18-11(5-17)6-19-14/h3-4,6-7H,1-2,8H2. The molecule has 0 saturated heterocycles. The second kappa shape index (κ2) is 5.28. The number of hydrogen-bond donors (Lipinski definition) is 0. The molecule has 0 bridgehead atoms. The number of halogens is 2. The van der Waals surface area contributed by atoms with Gasteiger partial charge in [0.05, 0.1) is 12.4 Å². The van der Waals surface area contributed by atoms with Crippen molar-refractivity contribution in [1.29, 1.82) is 5.26 Å². The van der Waals surface area contributed by atoms with Crippen molar-refractivity contribution in [2.24, 2.45) is 0 Å². The summed E-state index contributed by atoms with van der Waals surface area (Å²) in [5.41, 5.74) is 2.57. The van der Waals surface area contributed by atoms with E-state index in [9.17, 15) is 0 Å². The topological polar surface area (TPSA) is 52.8 Å². The molecule has 1 aromatic carbocycles. The molecular formula is C14H10Cl2N4. The molecule has 100 valence electrons. The van der Waals surface area contributed by atoms with E-state index < -0.39 is 0 Å². The molecule has 2 heterocycles. The van der Waals surface area contributed by atoms with E-state index in [0.29, 0.717) is 22.3 Å². The normalized spacial score (nSPS) is 13.8. The van der Waals surface area contributed by atoms with Crippen molar-refractivity contribution >= 4 is 29.0 Å². The zero-order chi connectivity index (χ0) is 14.1. The smallest absolute Gasteiger partial charge is 0.158 e. The molecule has 1 aromatic heterocycles. The predicted molar refractivity (Wildman–Crippen MR) is 78.0 cm³/mol. The van der Waals surface area contributed by atoms with Crippen LogP contribution in [0.1, 0.15) is 16.8 Å². The molecule has 0 unspecified atom stereocenters. The molecule has 0 saturated carbocycles. The summed E-state index contributed by atoms with van der Waals surface area (Å²) in [6.45, 7) is 1.50. The van der Waals surface area contributed by atoms with E-state index in [2.05, 4.69) is 14.9 Å². The van der Waals surface area contributed by atoms with E-state index >= 15 is 0 Å². The summed E-state index contributed by atoms with van der Waals surface area (Å²) in [7, 11) is 0. The van der Waals surface area contributed by atoms with Crippen molar-refractivity contribution in [2.75, 3.05) is 11.4 Å². The molecule has 1 aliphatic rings. The first-order valence-electron chi connectivity index (χ1n) is 6.11. The van der Waals surface area contributed by atoms with Gasteiger partial charge in [-0.3, -0.25) is 0 Å². The Labute approximate surface area is 126 Å². The molecule has 0 amide bonds. The van der Waals surface area contributed by atoms with Crippen molar-refractivity contribution in [1.82, 2.24) is 9.97 Å². The minimum atomic E-state index is 0.316. The van der Waals surface area contributed by atoms with Crippen LogP contribution < -0.4 is 4.90 Å². The number of nitriles is 1. The third kappa shape index (κ3) is 2.43. The fraction of sp³-hybridized carbons (Fsp3) is 0.214. The second-order valence-electron chi connectivity index (χ2n) is 4.57. The predicted octanol–water partition coefficient (Wildman–Crippen LogP) is 3.22. The van der Waals surface area contributed by atoms with Crippen LogP contribution >= 0.6 is 23.2 Å². The Morgan fingerprint density at radius 1 is 1.20 bits per heavy atom. The van der Waals surface area contributed by atoms with Gasteiger partial charge in [-0.1, -0.05) is 23.2 Å². The lowest BCUT2D eigenvalue weighted by Crippen LogP contribution is -2.31. The molecule has 0 spiro atoms. The molecule has 6 heteroatoms. The van der Waals surface area contributed by atoms with E-state index in [0.717, 1.165) is 24.3 Å². The summed E-state index contributed by atoms with van der Waals surface area (Å²) in [6.07, 6.45) is 3.96. The Morgan fingerprint density at radius 3 is 2.75 bits per heavy atom. The SMILES string of the molecule is N#Cc1cnc(N2CCc3cc(Cl)cc(Cl)c3C2)cn1. The van der Waals surface area contributed by atoms with Crippen molar-refractivity contribution in [3.63, 3.8) is 0 Å². The Kier molecular flexibility index (Phi) is 3.47. The van der Waals surface area contributed by atoms with Gasteiger partial charge >= 0.3 is 0 Å². The highest BCUT2D eigenvalue weighted by atomic mass is 35.5. The van der Waals surface area contributed by atoms with Crippen LogP contribution in [0.5, 0.6) is 0 Å². The van der Waals surface area contributed by atoms with Gasteiger partial charge in [-0.05, 0) is 29.7 Å². The molecule has 20 heavy (non-hydrogen) atoms. The number of benzene rings is 1. The summed E-state index contributed by atoms with van der Waals surface area (Å²) in [5, 5.41) is 10.1. The van der Waals surface area contributed by atoms with E-state index in [4.69, 9.17) is 28.5 Å². The summed E-state index contributed by atoms with van der Waals surface area (Å²) in [4.78, 5) is 10.4. The highest BCUT2D eigenvalue weighted by Gasteiger charge is 2.20. The summed E-state index contributed by atoms with van der Waals surface area (Å²) >= 11 is 12.3. The molecule has 0 fully saturated rings. The van der Waals surface area contributed by atoms with E-state index in [1.807, 2.05) is 12.1 Å². The van der Waals surface area contributed by atoms with Crippen LogP contribution in [-0.2, 0) is 13.0 Å². The molecule has 0 N–H and O–H groups in total. The Balaban J connectivity index is 1.90. The first-order valence-corrected chi connectivity index (χ1v) is 6.87. The first-order chi connectivity index (χ1) is 9.67. The monoisotopic (exact) mass is 304 g/mol. The van der Waals surface area contributed by atoms with Crippen LogP contribution in [0.25, 0.3) is 0 Å². The van der Waals surface area contributed by atoms with Gasteiger partial charge < -0.3 is 4.90 Å². The quantitative estimate of drug-likeness (QED) is 0.812. The Hall–Kier alpha value is -1.83. The lowest BCUT2D eigenvalue weighted by atomic mass is 10.00. The summed E-state index contributed by atoms with van der Waals surface area (Å²) < 4.78 is 0. The number of anilines is 1. The van der Waals surface area contributed by atoms with Gasteiger partial charge in [0.2, 0.25) is 0 Å². The van der Waals surface area contributed by atoms with Gasteiger partial charge in [-0.25, -0.2) is 9.97 Å². The zero-order valence-corrected chi connectivity index (χ0v) is 12.0. The number of nitrogens with zero attached hydrogens (tertiary/aromatic N) is 4. The minimum Gasteiger partial charge on any atom is -0.351 e. The van der Waals surface area contributed by atoms with Crippen LogP contribution in [0.15, 0.2) is 24.5 Å². The number of aromatic nitrogens is 2. The third-order valence-corrected chi connectivity index (χ3v) is 3.88. The molecule has 2 aromatic rings. The maximum absolute atomic E-state index is 8.74. The molecule has 0 aliphatic carbocycles. The lowest BCUT2D eigenvalue weighted by Gasteiger charge is -2.30. The maximum atomic E-state index is 8.74. The Bertz CT molecular complexity index is 692. The largest absolute Gasteiger partial charge is 0.351 e. The third-order valence-electron chi connectivity index (χ3n) is 3.33. The Morgan fingerprint density at radius 2 is 2.05 bits per heavy atom. The van der Waals surface area contributed by atoms with Gasteiger partial charge in [-0.15, -0.1) is 0 Å². The highest BCUT2D eigenvalue weighted by Crippen LogP contribution is 2.31. The van der Waals surface area contributed by atoms with Gasteiger partial charge in [0.1, 0.15) is 11.9 Å². The van der Waals surface area contributed by atoms with E-state index in [-0.39, 0.29) is 0 Å². The summed E-state index contributed by atoms with van der Waals surface area (Å²) in [6, 6.07) is 5.68.